The third-order valence-corrected chi connectivity index (χ3v) is 8.54. The fourth-order valence-electron chi connectivity index (χ4n) is 2.53. The van der Waals surface area contributed by atoms with Crippen LogP contribution in [0.2, 0.25) is 38.3 Å². The molecule has 0 N–H and O–H groups in total. The standard InChI is InChI=1S/C17H38O3Si2/c1-7-9-11-13-15-21(3,4)19-17(18)20-22(5,6)16-14-12-10-8-2/h7-16H2,1-6H3. The van der Waals surface area contributed by atoms with Gasteiger partial charge in [-0.1, -0.05) is 65.2 Å². The number of unbranched alkanes of at least 4 members (excludes halogenated alkanes) is 6. The first-order valence-electron chi connectivity index (χ1n) is 9.14. The number of rotatable bonds is 12. The van der Waals surface area contributed by atoms with Gasteiger partial charge >= 0.3 is 6.16 Å². The molecule has 0 saturated carbocycles. The maximum atomic E-state index is 12.1. The van der Waals surface area contributed by atoms with Gasteiger partial charge in [-0.3, -0.25) is 0 Å². The number of carbonyl (C=O) groups excluding carboxylic acids is 1. The quantitative estimate of drug-likeness (QED) is 0.291. The average Bonchev–Trinajstić information content (AvgIpc) is 2.38. The van der Waals surface area contributed by atoms with Gasteiger partial charge in [-0.25, -0.2) is 4.79 Å². The lowest BCUT2D eigenvalue weighted by atomic mass is 10.2. The van der Waals surface area contributed by atoms with Crippen LogP contribution in [0, 0.1) is 0 Å². The monoisotopic (exact) mass is 346 g/mol. The summed E-state index contributed by atoms with van der Waals surface area (Å²) < 4.78 is 11.4. The van der Waals surface area contributed by atoms with E-state index in [0.717, 1.165) is 24.9 Å². The summed E-state index contributed by atoms with van der Waals surface area (Å²) in [6.45, 7) is 12.9. The molecule has 0 aromatic rings. The SMILES string of the molecule is CCCCCC[Si](C)(C)OC(=O)O[Si](C)(C)CCCCCC. The highest BCUT2D eigenvalue weighted by atomic mass is 28.4. The van der Waals surface area contributed by atoms with Crippen LogP contribution in [-0.4, -0.2) is 22.8 Å². The second-order valence-corrected chi connectivity index (χ2v) is 16.0. The predicted molar refractivity (Wildman–Crippen MR) is 100 cm³/mol. The Morgan fingerprint density at radius 3 is 1.36 bits per heavy atom. The Morgan fingerprint density at radius 1 is 0.682 bits per heavy atom. The zero-order chi connectivity index (χ0) is 17.1. The van der Waals surface area contributed by atoms with E-state index in [1.165, 1.54) is 38.5 Å². The fraction of sp³-hybridized carbons (Fsp3) is 0.941. The fourth-order valence-corrected chi connectivity index (χ4v) is 6.01. The van der Waals surface area contributed by atoms with Crippen molar-refractivity contribution in [1.29, 1.82) is 0 Å². The molecule has 0 amide bonds. The third-order valence-electron chi connectivity index (χ3n) is 3.98. The maximum absolute atomic E-state index is 12.1. The van der Waals surface area contributed by atoms with Crippen molar-refractivity contribution in [2.75, 3.05) is 0 Å². The summed E-state index contributed by atoms with van der Waals surface area (Å²) in [6, 6.07) is 2.08. The van der Waals surface area contributed by atoms with E-state index < -0.39 is 22.8 Å². The minimum atomic E-state index is -1.91. The Morgan fingerprint density at radius 2 is 1.05 bits per heavy atom. The molecule has 0 atom stereocenters. The van der Waals surface area contributed by atoms with Crippen LogP contribution in [0.15, 0.2) is 0 Å². The molecule has 0 saturated heterocycles. The zero-order valence-corrected chi connectivity index (χ0v) is 17.8. The molecule has 22 heavy (non-hydrogen) atoms. The Kier molecular flexibility index (Phi) is 11.1. The number of hydrogen-bond acceptors (Lipinski definition) is 3. The Balaban J connectivity index is 4.07. The summed E-state index contributed by atoms with van der Waals surface area (Å²) in [5.41, 5.74) is 0. The van der Waals surface area contributed by atoms with Gasteiger partial charge in [-0.2, -0.15) is 0 Å². The second kappa shape index (κ2) is 11.3. The molecule has 0 fully saturated rings. The van der Waals surface area contributed by atoms with Crippen LogP contribution in [0.5, 0.6) is 0 Å². The summed E-state index contributed by atoms with van der Waals surface area (Å²) >= 11 is 0. The molecule has 0 bridgehead atoms. The van der Waals surface area contributed by atoms with Crippen LogP contribution in [0.25, 0.3) is 0 Å². The summed E-state index contributed by atoms with van der Waals surface area (Å²) in [6.07, 6.45) is 9.42. The van der Waals surface area contributed by atoms with Gasteiger partial charge in [0.05, 0.1) is 0 Å². The van der Waals surface area contributed by atoms with E-state index in [-0.39, 0.29) is 0 Å². The summed E-state index contributed by atoms with van der Waals surface area (Å²) in [7, 11) is -3.82. The Labute approximate surface area is 140 Å². The molecule has 5 heteroatoms. The van der Waals surface area contributed by atoms with E-state index in [9.17, 15) is 4.79 Å². The highest BCUT2D eigenvalue weighted by molar-refractivity contribution is 6.74. The molecule has 0 heterocycles. The molecule has 0 aliphatic carbocycles. The molecular formula is C17H38O3Si2. The average molecular weight is 347 g/mol. The topological polar surface area (TPSA) is 35.5 Å². The minimum absolute atomic E-state index is 0.403. The van der Waals surface area contributed by atoms with Gasteiger partial charge in [0.2, 0.25) is 0 Å². The van der Waals surface area contributed by atoms with Crippen LogP contribution in [0.1, 0.15) is 65.2 Å². The van der Waals surface area contributed by atoms with Crippen LogP contribution in [0.4, 0.5) is 4.79 Å². The van der Waals surface area contributed by atoms with E-state index >= 15 is 0 Å². The van der Waals surface area contributed by atoms with Gasteiger partial charge in [-0.15, -0.1) is 0 Å². The van der Waals surface area contributed by atoms with Crippen molar-refractivity contribution in [3.05, 3.63) is 0 Å². The predicted octanol–water partition coefficient (Wildman–Crippen LogP) is 6.71. The van der Waals surface area contributed by atoms with Gasteiger partial charge in [0.25, 0.3) is 16.6 Å². The highest BCUT2D eigenvalue weighted by Gasteiger charge is 2.32. The molecule has 0 spiro atoms. The largest absolute Gasteiger partial charge is 0.490 e. The van der Waals surface area contributed by atoms with E-state index in [2.05, 4.69) is 40.0 Å². The first kappa shape index (κ1) is 21.7. The van der Waals surface area contributed by atoms with Gasteiger partial charge in [0.1, 0.15) is 0 Å². The molecular weight excluding hydrogens is 308 g/mol. The lowest BCUT2D eigenvalue weighted by Crippen LogP contribution is -2.39. The molecule has 0 radical (unpaired) electrons. The van der Waals surface area contributed by atoms with Crippen molar-refractivity contribution >= 4 is 22.8 Å². The van der Waals surface area contributed by atoms with Crippen LogP contribution in [0.3, 0.4) is 0 Å². The van der Waals surface area contributed by atoms with E-state index in [1.807, 2.05) is 0 Å². The highest BCUT2D eigenvalue weighted by Crippen LogP contribution is 2.21. The number of carbonyl (C=O) groups is 1. The second-order valence-electron chi connectivity index (χ2n) is 7.59. The summed E-state index contributed by atoms with van der Waals surface area (Å²) in [5, 5.41) is 0. The van der Waals surface area contributed by atoms with Crippen molar-refractivity contribution in [1.82, 2.24) is 0 Å². The molecule has 0 unspecified atom stereocenters. The molecule has 132 valence electrons. The van der Waals surface area contributed by atoms with E-state index in [1.54, 1.807) is 0 Å². The third kappa shape index (κ3) is 12.3. The normalized spacial score (nSPS) is 12.3. The molecule has 0 aliphatic heterocycles. The van der Waals surface area contributed by atoms with Gasteiger partial charge in [0, 0.05) is 0 Å². The lowest BCUT2D eigenvalue weighted by Gasteiger charge is -2.27. The Bertz CT molecular complexity index is 276. The smallest absolute Gasteiger partial charge is 0.480 e. The zero-order valence-electron chi connectivity index (χ0n) is 15.8. The minimum Gasteiger partial charge on any atom is -0.490 e. The van der Waals surface area contributed by atoms with Gasteiger partial charge in [-0.05, 0) is 38.3 Å². The Hall–Kier alpha value is -0.296. The molecule has 0 rings (SSSR count). The van der Waals surface area contributed by atoms with Crippen molar-refractivity contribution < 1.29 is 13.6 Å². The maximum Gasteiger partial charge on any atom is 0.480 e. The molecule has 3 nitrogen and oxygen atoms in total. The first-order chi connectivity index (χ1) is 10.2. The van der Waals surface area contributed by atoms with E-state index in [0.29, 0.717) is 0 Å². The van der Waals surface area contributed by atoms with Gasteiger partial charge in [0.15, 0.2) is 0 Å². The molecule has 0 aromatic carbocycles. The van der Waals surface area contributed by atoms with Crippen LogP contribution < -0.4 is 0 Å². The van der Waals surface area contributed by atoms with Crippen molar-refractivity contribution in [2.45, 2.75) is 103 Å². The van der Waals surface area contributed by atoms with Crippen molar-refractivity contribution in [3.63, 3.8) is 0 Å². The van der Waals surface area contributed by atoms with Crippen LogP contribution >= 0.6 is 0 Å². The molecule has 0 aromatic heterocycles. The van der Waals surface area contributed by atoms with Crippen LogP contribution in [-0.2, 0) is 8.85 Å². The summed E-state index contributed by atoms with van der Waals surface area (Å²) in [5.74, 6) is 0. The first-order valence-corrected chi connectivity index (χ1v) is 15.4. The van der Waals surface area contributed by atoms with Gasteiger partial charge < -0.3 is 8.85 Å². The van der Waals surface area contributed by atoms with Crippen molar-refractivity contribution in [3.8, 4) is 0 Å². The lowest BCUT2D eigenvalue weighted by molar-refractivity contribution is 0.146. The molecule has 0 aliphatic rings. The summed E-state index contributed by atoms with van der Waals surface area (Å²) in [4.78, 5) is 12.1. The van der Waals surface area contributed by atoms with Crippen molar-refractivity contribution in [2.24, 2.45) is 0 Å². The number of hydrogen-bond donors (Lipinski definition) is 0. The van der Waals surface area contributed by atoms with E-state index in [4.69, 9.17) is 8.85 Å².